The van der Waals surface area contributed by atoms with Gasteiger partial charge in [-0.3, -0.25) is 4.79 Å². The lowest BCUT2D eigenvalue weighted by Crippen LogP contribution is -2.19. The lowest BCUT2D eigenvalue weighted by Gasteiger charge is -2.18. The van der Waals surface area contributed by atoms with Gasteiger partial charge in [0.25, 0.3) is 0 Å². The van der Waals surface area contributed by atoms with Crippen LogP contribution in [-0.2, 0) is 4.79 Å². The van der Waals surface area contributed by atoms with Crippen LogP contribution in [0.25, 0.3) is 0 Å². The quantitative estimate of drug-likeness (QED) is 0.634. The van der Waals surface area contributed by atoms with Crippen molar-refractivity contribution in [2.45, 2.75) is 13.3 Å². The molecule has 2 atom stereocenters. The molecule has 0 aliphatic heterocycles. The summed E-state index contributed by atoms with van der Waals surface area (Å²) in [7, 11) is 0. The third-order valence-electron chi connectivity index (χ3n) is 2.00. The number of primary amides is 1. The smallest absolute Gasteiger partial charge is 0.218 e. The number of hydrogen-bond donors (Lipinski definition) is 1. The van der Waals surface area contributed by atoms with Crippen LogP contribution in [0.4, 0.5) is 0 Å². The van der Waals surface area contributed by atoms with Gasteiger partial charge in [0.15, 0.2) is 0 Å². The van der Waals surface area contributed by atoms with Gasteiger partial charge in [-0.05, 0) is 11.8 Å². The zero-order chi connectivity index (χ0) is 8.27. The summed E-state index contributed by atoms with van der Waals surface area (Å²) in [5.41, 5.74) is 5.09. The Kier molecular flexibility index (Phi) is 2.47. The van der Waals surface area contributed by atoms with E-state index in [1.165, 1.54) is 0 Å². The molecule has 1 aliphatic carbocycles. The normalized spacial score (nSPS) is 28.8. The van der Waals surface area contributed by atoms with Gasteiger partial charge in [-0.25, -0.2) is 0 Å². The molecule has 2 heteroatoms. The maximum atomic E-state index is 10.6. The lowest BCUT2D eigenvalue weighted by molar-refractivity contribution is -0.118. The molecule has 1 rings (SSSR count). The second-order valence-corrected chi connectivity index (χ2v) is 2.96. The summed E-state index contributed by atoms with van der Waals surface area (Å²) >= 11 is 0. The van der Waals surface area contributed by atoms with Crippen LogP contribution in [-0.4, -0.2) is 5.91 Å². The maximum Gasteiger partial charge on any atom is 0.218 e. The minimum absolute atomic E-state index is 0.221. The molecule has 0 aromatic rings. The lowest BCUT2D eigenvalue weighted by atomic mass is 9.87. The summed E-state index contributed by atoms with van der Waals surface area (Å²) < 4.78 is 0. The zero-order valence-electron chi connectivity index (χ0n) is 6.66. The molecule has 0 aromatic heterocycles. The van der Waals surface area contributed by atoms with E-state index in [1.807, 2.05) is 18.2 Å². The third-order valence-corrected chi connectivity index (χ3v) is 2.00. The molecule has 0 heterocycles. The molecular formula is C9H13NO. The van der Waals surface area contributed by atoms with Crippen LogP contribution >= 0.6 is 0 Å². The molecule has 2 N–H and O–H groups in total. The molecule has 0 bridgehead atoms. The van der Waals surface area contributed by atoms with Gasteiger partial charge in [0, 0.05) is 6.42 Å². The fourth-order valence-electron chi connectivity index (χ4n) is 1.25. The summed E-state index contributed by atoms with van der Waals surface area (Å²) in [6.45, 7) is 2.09. The third kappa shape index (κ3) is 2.22. The maximum absolute atomic E-state index is 10.6. The van der Waals surface area contributed by atoms with Crippen LogP contribution in [0.2, 0.25) is 0 Å². The molecule has 0 radical (unpaired) electrons. The van der Waals surface area contributed by atoms with Crippen LogP contribution in [0.15, 0.2) is 24.3 Å². The Morgan fingerprint density at radius 2 is 2.09 bits per heavy atom. The Bertz CT molecular complexity index is 206. The van der Waals surface area contributed by atoms with Crippen molar-refractivity contribution < 1.29 is 4.79 Å². The first-order valence-corrected chi connectivity index (χ1v) is 3.83. The van der Waals surface area contributed by atoms with Gasteiger partial charge in [0.05, 0.1) is 0 Å². The molecule has 60 valence electrons. The summed E-state index contributed by atoms with van der Waals surface area (Å²) in [5.74, 6) is 0.520. The number of carbonyl (C=O) groups excluding carboxylic acids is 1. The van der Waals surface area contributed by atoms with Gasteiger partial charge < -0.3 is 5.73 Å². The molecule has 0 spiro atoms. The van der Waals surface area contributed by atoms with Gasteiger partial charge >= 0.3 is 0 Å². The van der Waals surface area contributed by atoms with E-state index in [9.17, 15) is 4.79 Å². The Hall–Kier alpha value is -1.05. The fourth-order valence-corrected chi connectivity index (χ4v) is 1.25. The highest BCUT2D eigenvalue weighted by molar-refractivity contribution is 5.74. The minimum Gasteiger partial charge on any atom is -0.370 e. The van der Waals surface area contributed by atoms with E-state index in [-0.39, 0.29) is 5.91 Å². The van der Waals surface area contributed by atoms with Crippen LogP contribution in [0.3, 0.4) is 0 Å². The molecular weight excluding hydrogens is 138 g/mol. The highest BCUT2D eigenvalue weighted by atomic mass is 16.1. The zero-order valence-corrected chi connectivity index (χ0v) is 6.66. The van der Waals surface area contributed by atoms with E-state index in [2.05, 4.69) is 13.0 Å². The van der Waals surface area contributed by atoms with E-state index in [4.69, 9.17) is 5.73 Å². The monoisotopic (exact) mass is 151 g/mol. The molecule has 0 fully saturated rings. The largest absolute Gasteiger partial charge is 0.370 e. The highest BCUT2D eigenvalue weighted by Crippen LogP contribution is 2.21. The number of allylic oxidation sites excluding steroid dienone is 4. The predicted octanol–water partition coefficient (Wildman–Crippen LogP) is 1.24. The molecule has 0 saturated heterocycles. The number of hydrogen-bond acceptors (Lipinski definition) is 1. The Labute approximate surface area is 66.8 Å². The van der Waals surface area contributed by atoms with E-state index in [1.54, 1.807) is 0 Å². The van der Waals surface area contributed by atoms with Crippen molar-refractivity contribution in [3.8, 4) is 0 Å². The second-order valence-electron chi connectivity index (χ2n) is 2.96. The summed E-state index contributed by atoms with van der Waals surface area (Å²) in [6, 6.07) is 0. The average Bonchev–Trinajstić information content (AvgIpc) is 1.93. The van der Waals surface area contributed by atoms with Crippen LogP contribution in [0, 0.1) is 11.8 Å². The number of carbonyl (C=O) groups is 1. The van der Waals surface area contributed by atoms with E-state index in [0.29, 0.717) is 18.3 Å². The summed E-state index contributed by atoms with van der Waals surface area (Å²) in [6.07, 6.45) is 8.56. The van der Waals surface area contributed by atoms with Crippen molar-refractivity contribution in [3.63, 3.8) is 0 Å². The molecule has 1 aliphatic rings. The number of rotatable bonds is 2. The Balaban J connectivity index is 2.52. The van der Waals surface area contributed by atoms with Crippen molar-refractivity contribution in [1.29, 1.82) is 0 Å². The summed E-state index contributed by atoms with van der Waals surface area (Å²) in [4.78, 5) is 10.6. The van der Waals surface area contributed by atoms with E-state index < -0.39 is 0 Å². The van der Waals surface area contributed by atoms with Gasteiger partial charge in [-0.2, -0.15) is 0 Å². The van der Waals surface area contributed by atoms with Crippen molar-refractivity contribution in [2.24, 2.45) is 17.6 Å². The van der Waals surface area contributed by atoms with Crippen LogP contribution in [0.1, 0.15) is 13.3 Å². The Morgan fingerprint density at radius 3 is 2.64 bits per heavy atom. The standard InChI is InChI=1S/C9H13NO/c1-7-4-2-3-5-8(7)6-9(10)11/h2-5,7-8H,6H2,1H3,(H2,10,11). The van der Waals surface area contributed by atoms with Crippen LogP contribution < -0.4 is 5.73 Å². The number of amides is 1. The van der Waals surface area contributed by atoms with Crippen LogP contribution in [0.5, 0.6) is 0 Å². The minimum atomic E-state index is -0.221. The first-order valence-electron chi connectivity index (χ1n) is 3.83. The fraction of sp³-hybridized carbons (Fsp3) is 0.444. The SMILES string of the molecule is CC1C=CC=CC1CC(N)=O. The average molecular weight is 151 g/mol. The van der Waals surface area contributed by atoms with Crippen molar-refractivity contribution in [2.75, 3.05) is 0 Å². The first kappa shape index (κ1) is 8.05. The van der Waals surface area contributed by atoms with Gasteiger partial charge in [-0.1, -0.05) is 31.2 Å². The molecule has 0 saturated carbocycles. The van der Waals surface area contributed by atoms with Gasteiger partial charge in [-0.15, -0.1) is 0 Å². The second kappa shape index (κ2) is 3.37. The molecule has 1 amide bonds. The highest BCUT2D eigenvalue weighted by Gasteiger charge is 2.15. The van der Waals surface area contributed by atoms with E-state index in [0.717, 1.165) is 0 Å². The Morgan fingerprint density at radius 1 is 1.45 bits per heavy atom. The molecule has 2 unspecified atom stereocenters. The molecule has 2 nitrogen and oxygen atoms in total. The molecule has 0 aromatic carbocycles. The first-order chi connectivity index (χ1) is 5.20. The van der Waals surface area contributed by atoms with E-state index >= 15 is 0 Å². The van der Waals surface area contributed by atoms with Gasteiger partial charge in [0.1, 0.15) is 0 Å². The van der Waals surface area contributed by atoms with Gasteiger partial charge in [0.2, 0.25) is 5.91 Å². The van der Waals surface area contributed by atoms with Crippen molar-refractivity contribution >= 4 is 5.91 Å². The summed E-state index contributed by atoms with van der Waals surface area (Å²) in [5, 5.41) is 0. The van der Waals surface area contributed by atoms with Crippen molar-refractivity contribution in [3.05, 3.63) is 24.3 Å². The number of nitrogens with two attached hydrogens (primary N) is 1. The molecule has 11 heavy (non-hydrogen) atoms. The predicted molar refractivity (Wildman–Crippen MR) is 44.7 cm³/mol. The topological polar surface area (TPSA) is 43.1 Å². The van der Waals surface area contributed by atoms with Crippen molar-refractivity contribution in [1.82, 2.24) is 0 Å².